The van der Waals surface area contributed by atoms with Gasteiger partial charge in [0.2, 0.25) is 0 Å². The van der Waals surface area contributed by atoms with E-state index in [1.165, 1.54) is 4.90 Å². The number of nitrogens with zero attached hydrogens (tertiary/aromatic N) is 1. The molecule has 0 fully saturated rings. The van der Waals surface area contributed by atoms with Crippen molar-refractivity contribution in [2.24, 2.45) is 0 Å². The fraction of sp³-hybridized carbons (Fsp3) is 0.176. The van der Waals surface area contributed by atoms with E-state index in [9.17, 15) is 9.59 Å². The quantitative estimate of drug-likeness (QED) is 0.786. The monoisotopic (exact) mass is 359 g/mol. The zero-order valence-electron chi connectivity index (χ0n) is 12.0. The molecule has 0 saturated heterocycles. The van der Waals surface area contributed by atoms with Crippen LogP contribution in [0.15, 0.2) is 46.9 Å². The topological polar surface area (TPSA) is 46.6 Å². The molecule has 2 aromatic rings. The molecule has 0 aromatic heterocycles. The highest BCUT2D eigenvalue weighted by Gasteiger charge is 2.35. The Hall–Kier alpha value is -2.14. The summed E-state index contributed by atoms with van der Waals surface area (Å²) in [4.78, 5) is 25.5. The first kappa shape index (κ1) is 14.8. The van der Waals surface area contributed by atoms with Crippen molar-refractivity contribution < 1.29 is 14.3 Å². The number of aryl methyl sites for hydroxylation is 1. The van der Waals surface area contributed by atoms with Gasteiger partial charge in [0.1, 0.15) is 12.4 Å². The van der Waals surface area contributed by atoms with E-state index in [1.807, 2.05) is 37.3 Å². The second-order valence-corrected chi connectivity index (χ2v) is 6.02. The third-order valence-electron chi connectivity index (χ3n) is 3.54. The maximum atomic E-state index is 12.1. The number of amides is 1. The van der Waals surface area contributed by atoms with Gasteiger partial charge in [-0.25, -0.2) is 0 Å². The lowest BCUT2D eigenvalue weighted by Gasteiger charge is -2.17. The first-order chi connectivity index (χ1) is 10.6. The van der Waals surface area contributed by atoms with Crippen molar-refractivity contribution in [1.82, 2.24) is 0 Å². The molecule has 0 bridgehead atoms. The van der Waals surface area contributed by atoms with Crippen LogP contribution in [0.25, 0.3) is 0 Å². The number of benzene rings is 2. The Morgan fingerprint density at radius 1 is 1.09 bits per heavy atom. The van der Waals surface area contributed by atoms with Crippen molar-refractivity contribution in [3.05, 3.63) is 58.1 Å². The van der Waals surface area contributed by atoms with Crippen LogP contribution in [-0.4, -0.2) is 24.8 Å². The van der Waals surface area contributed by atoms with Gasteiger partial charge in [-0.2, -0.15) is 0 Å². The lowest BCUT2D eigenvalue weighted by Crippen LogP contribution is -2.33. The number of Topliss-reactive ketones (excluding diaryl/α,β-unsaturated/α-hetero) is 1. The summed E-state index contributed by atoms with van der Waals surface area (Å²) >= 11 is 3.31. The predicted molar refractivity (Wildman–Crippen MR) is 87.5 cm³/mol. The molecule has 0 unspecified atom stereocenters. The molecule has 1 aliphatic heterocycles. The molecule has 1 amide bonds. The number of anilines is 1. The van der Waals surface area contributed by atoms with Crippen molar-refractivity contribution >= 4 is 33.3 Å². The van der Waals surface area contributed by atoms with E-state index in [4.69, 9.17) is 4.74 Å². The van der Waals surface area contributed by atoms with Gasteiger partial charge in [-0.15, -0.1) is 0 Å². The van der Waals surface area contributed by atoms with Gasteiger partial charge in [-0.3, -0.25) is 9.59 Å². The van der Waals surface area contributed by atoms with E-state index >= 15 is 0 Å². The lowest BCUT2D eigenvalue weighted by molar-refractivity contribution is -0.114. The summed E-state index contributed by atoms with van der Waals surface area (Å²) < 4.78 is 6.41. The molecule has 4 nitrogen and oxygen atoms in total. The highest BCUT2D eigenvalue weighted by molar-refractivity contribution is 9.10. The number of rotatable bonds is 4. The van der Waals surface area contributed by atoms with Crippen LogP contribution in [0.3, 0.4) is 0 Å². The number of ether oxygens (including phenoxy) is 1. The van der Waals surface area contributed by atoms with E-state index in [0.29, 0.717) is 24.4 Å². The van der Waals surface area contributed by atoms with Crippen molar-refractivity contribution in [3.8, 4) is 5.75 Å². The van der Waals surface area contributed by atoms with Crippen LogP contribution in [0.5, 0.6) is 5.75 Å². The number of carbonyl (C=O) groups is 2. The molecule has 112 valence electrons. The van der Waals surface area contributed by atoms with Gasteiger partial charge < -0.3 is 9.64 Å². The van der Waals surface area contributed by atoms with Crippen LogP contribution < -0.4 is 9.64 Å². The molecule has 22 heavy (non-hydrogen) atoms. The molecule has 1 heterocycles. The molecule has 0 N–H and O–H groups in total. The van der Waals surface area contributed by atoms with E-state index in [2.05, 4.69) is 15.9 Å². The van der Waals surface area contributed by atoms with Crippen LogP contribution in [0, 0.1) is 6.92 Å². The van der Waals surface area contributed by atoms with Crippen LogP contribution >= 0.6 is 15.9 Å². The van der Waals surface area contributed by atoms with E-state index in [0.717, 1.165) is 15.8 Å². The Bertz CT molecular complexity index is 740. The number of halogens is 1. The third kappa shape index (κ3) is 2.76. The van der Waals surface area contributed by atoms with Crippen molar-refractivity contribution in [1.29, 1.82) is 0 Å². The van der Waals surface area contributed by atoms with Gasteiger partial charge in [0, 0.05) is 4.47 Å². The zero-order chi connectivity index (χ0) is 15.7. The molecule has 2 aromatic carbocycles. The highest BCUT2D eigenvalue weighted by atomic mass is 79.9. The minimum absolute atomic E-state index is 0.331. The van der Waals surface area contributed by atoms with Crippen molar-refractivity contribution in [3.63, 3.8) is 0 Å². The van der Waals surface area contributed by atoms with Gasteiger partial charge in [0.05, 0.1) is 17.8 Å². The lowest BCUT2D eigenvalue weighted by atomic mass is 10.1. The number of carbonyl (C=O) groups excluding carboxylic acids is 2. The molecule has 3 rings (SSSR count). The number of ketones is 1. The van der Waals surface area contributed by atoms with Crippen LogP contribution in [0.2, 0.25) is 0 Å². The summed E-state index contributed by atoms with van der Waals surface area (Å²) in [5.74, 6) is -0.216. The second kappa shape index (κ2) is 5.93. The molecule has 0 spiro atoms. The maximum absolute atomic E-state index is 12.1. The molecule has 0 radical (unpaired) electrons. The first-order valence-electron chi connectivity index (χ1n) is 6.91. The Labute approximate surface area is 136 Å². The summed E-state index contributed by atoms with van der Waals surface area (Å²) in [5, 5.41) is 0. The third-order valence-corrected chi connectivity index (χ3v) is 4.03. The summed E-state index contributed by atoms with van der Waals surface area (Å²) in [6.07, 6.45) is 0. The van der Waals surface area contributed by atoms with E-state index in [1.54, 1.807) is 12.1 Å². The number of fused-ring (bicyclic) bond motifs is 1. The Balaban J connectivity index is 1.69. The Kier molecular flexibility index (Phi) is 3.98. The SMILES string of the molecule is Cc1ccc(OCCN2C(=O)C(=O)c3cc(Br)ccc32)cc1. The van der Waals surface area contributed by atoms with Crippen molar-refractivity contribution in [2.75, 3.05) is 18.1 Å². The minimum Gasteiger partial charge on any atom is -0.492 e. The highest BCUT2D eigenvalue weighted by Crippen LogP contribution is 2.31. The molecule has 0 saturated carbocycles. The summed E-state index contributed by atoms with van der Waals surface area (Å²) in [6, 6.07) is 13.0. The average Bonchev–Trinajstić information content (AvgIpc) is 2.74. The van der Waals surface area contributed by atoms with E-state index < -0.39 is 11.7 Å². The summed E-state index contributed by atoms with van der Waals surface area (Å²) in [5.41, 5.74) is 2.24. The van der Waals surface area contributed by atoms with Gasteiger partial charge >= 0.3 is 0 Å². The average molecular weight is 360 g/mol. The summed E-state index contributed by atoms with van der Waals surface area (Å²) in [7, 11) is 0. The predicted octanol–water partition coefficient (Wildman–Crippen LogP) is 3.37. The standard InChI is InChI=1S/C17H14BrNO3/c1-11-2-5-13(6-3-11)22-9-8-19-15-7-4-12(18)10-14(15)16(20)17(19)21/h2-7,10H,8-9H2,1H3. The Morgan fingerprint density at radius 3 is 2.55 bits per heavy atom. The molecule has 0 atom stereocenters. The molecule has 0 aliphatic carbocycles. The number of hydrogen-bond donors (Lipinski definition) is 0. The second-order valence-electron chi connectivity index (χ2n) is 5.11. The first-order valence-corrected chi connectivity index (χ1v) is 7.71. The number of hydrogen-bond acceptors (Lipinski definition) is 3. The fourth-order valence-electron chi connectivity index (χ4n) is 2.38. The van der Waals surface area contributed by atoms with Gasteiger partial charge in [-0.05, 0) is 37.3 Å². The van der Waals surface area contributed by atoms with Gasteiger partial charge in [-0.1, -0.05) is 33.6 Å². The van der Waals surface area contributed by atoms with Gasteiger partial charge in [0.15, 0.2) is 0 Å². The minimum atomic E-state index is -0.499. The van der Waals surface area contributed by atoms with Crippen LogP contribution in [-0.2, 0) is 4.79 Å². The normalized spacial score (nSPS) is 13.5. The molecular weight excluding hydrogens is 346 g/mol. The van der Waals surface area contributed by atoms with Crippen LogP contribution in [0.4, 0.5) is 5.69 Å². The maximum Gasteiger partial charge on any atom is 0.299 e. The van der Waals surface area contributed by atoms with Crippen molar-refractivity contribution in [2.45, 2.75) is 6.92 Å². The van der Waals surface area contributed by atoms with Crippen LogP contribution in [0.1, 0.15) is 15.9 Å². The molecule has 1 aliphatic rings. The summed E-state index contributed by atoms with van der Waals surface area (Å²) in [6.45, 7) is 2.68. The van der Waals surface area contributed by atoms with Gasteiger partial charge in [0.25, 0.3) is 11.7 Å². The van der Waals surface area contributed by atoms with E-state index in [-0.39, 0.29) is 0 Å². The molecular formula is C17H14BrNO3. The molecule has 5 heteroatoms. The fourth-order valence-corrected chi connectivity index (χ4v) is 2.75. The zero-order valence-corrected chi connectivity index (χ0v) is 13.6. The Morgan fingerprint density at radius 2 is 1.82 bits per heavy atom. The smallest absolute Gasteiger partial charge is 0.299 e. The largest absolute Gasteiger partial charge is 0.492 e.